The number of aromatic nitrogens is 3. The van der Waals surface area contributed by atoms with Gasteiger partial charge in [-0.3, -0.25) is 0 Å². The van der Waals surface area contributed by atoms with E-state index < -0.39 is 12.1 Å². The lowest BCUT2D eigenvalue weighted by molar-refractivity contribution is -0.183. The fraction of sp³-hybridized carbons (Fsp3) is 0.538. The summed E-state index contributed by atoms with van der Waals surface area (Å²) in [5.41, 5.74) is 0.974. The molecule has 1 fully saturated rings. The van der Waals surface area contributed by atoms with Gasteiger partial charge in [0.1, 0.15) is 11.0 Å². The first-order chi connectivity index (χ1) is 9.84. The second-order valence-electron chi connectivity index (χ2n) is 5.36. The number of imidazole rings is 1. The average molecular weight is 338 g/mol. The molecule has 2 heterocycles. The number of hydrogen-bond acceptors (Lipinski definition) is 2. The van der Waals surface area contributed by atoms with Gasteiger partial charge in [0.25, 0.3) is 0 Å². The molecule has 1 aliphatic rings. The maximum absolute atomic E-state index is 12.9. The van der Waals surface area contributed by atoms with Crippen LogP contribution in [0, 0.1) is 5.92 Å². The van der Waals surface area contributed by atoms with Crippen LogP contribution in [0.1, 0.15) is 37.4 Å². The Balaban J connectivity index is 1.89. The highest BCUT2D eigenvalue weighted by atomic mass is 35.5. The van der Waals surface area contributed by atoms with Gasteiger partial charge in [0.2, 0.25) is 0 Å². The van der Waals surface area contributed by atoms with Crippen LogP contribution >= 0.6 is 23.2 Å². The van der Waals surface area contributed by atoms with Crippen molar-refractivity contribution in [2.24, 2.45) is 5.92 Å². The van der Waals surface area contributed by atoms with E-state index in [2.05, 4.69) is 15.0 Å². The molecule has 2 aromatic rings. The Labute approximate surface area is 128 Å². The number of rotatable bonds is 1. The van der Waals surface area contributed by atoms with Crippen molar-refractivity contribution in [3.05, 3.63) is 22.1 Å². The summed E-state index contributed by atoms with van der Waals surface area (Å²) < 4.78 is 38.6. The lowest BCUT2D eigenvalue weighted by atomic mass is 9.80. The van der Waals surface area contributed by atoms with Crippen molar-refractivity contribution >= 4 is 34.4 Å². The number of nitrogens with one attached hydrogen (secondary N) is 1. The first-order valence-corrected chi connectivity index (χ1v) is 7.38. The standard InChI is InChI=1S/C13H12Cl2F3N3/c14-8-5-9-12(20-10(8)15)21-11(19-9)6-2-1-3-7(4-6)13(16,17)18/h5-7H,1-4H2,(H,19,20,21). The van der Waals surface area contributed by atoms with E-state index in [9.17, 15) is 13.2 Å². The van der Waals surface area contributed by atoms with Crippen molar-refractivity contribution in [1.29, 1.82) is 0 Å². The summed E-state index contributed by atoms with van der Waals surface area (Å²) in [4.78, 5) is 11.3. The molecule has 21 heavy (non-hydrogen) atoms. The molecular formula is C13H12Cl2F3N3. The van der Waals surface area contributed by atoms with Crippen LogP contribution in [0.5, 0.6) is 0 Å². The molecule has 8 heteroatoms. The van der Waals surface area contributed by atoms with Crippen molar-refractivity contribution in [2.45, 2.75) is 37.8 Å². The Kier molecular flexibility index (Phi) is 3.78. The molecule has 1 aliphatic carbocycles. The van der Waals surface area contributed by atoms with E-state index in [0.717, 1.165) is 0 Å². The lowest BCUT2D eigenvalue weighted by Crippen LogP contribution is -2.28. The second kappa shape index (κ2) is 5.32. The predicted octanol–water partition coefficient (Wildman–Crippen LogP) is 5.10. The Morgan fingerprint density at radius 1 is 1.19 bits per heavy atom. The van der Waals surface area contributed by atoms with Crippen molar-refractivity contribution in [3.8, 4) is 0 Å². The summed E-state index contributed by atoms with van der Waals surface area (Å²) in [5, 5.41) is 0.426. The van der Waals surface area contributed by atoms with Gasteiger partial charge in [-0.05, 0) is 25.3 Å². The van der Waals surface area contributed by atoms with Crippen molar-refractivity contribution in [2.75, 3.05) is 0 Å². The molecule has 3 nitrogen and oxygen atoms in total. The summed E-state index contributed by atoms with van der Waals surface area (Å²) in [6, 6.07) is 1.59. The van der Waals surface area contributed by atoms with Crippen LogP contribution in [0.2, 0.25) is 10.2 Å². The number of H-pyrrole nitrogens is 1. The van der Waals surface area contributed by atoms with Gasteiger partial charge in [0.15, 0.2) is 5.65 Å². The SMILES string of the molecule is FC(F)(F)C1CCCC(c2nc3nc(Cl)c(Cl)cc3[nH]2)C1. The Morgan fingerprint density at radius 2 is 1.95 bits per heavy atom. The van der Waals surface area contributed by atoms with E-state index in [4.69, 9.17) is 23.2 Å². The summed E-state index contributed by atoms with van der Waals surface area (Å²) in [6.07, 6.45) is -2.66. The quantitative estimate of drug-likeness (QED) is 0.735. The zero-order valence-corrected chi connectivity index (χ0v) is 12.4. The summed E-state index contributed by atoms with van der Waals surface area (Å²) in [6.45, 7) is 0. The lowest BCUT2D eigenvalue weighted by Gasteiger charge is -2.29. The van der Waals surface area contributed by atoms with Gasteiger partial charge in [-0.25, -0.2) is 9.97 Å². The van der Waals surface area contributed by atoms with Crippen molar-refractivity contribution < 1.29 is 13.2 Å². The van der Waals surface area contributed by atoms with E-state index in [1.807, 2.05) is 0 Å². The largest absolute Gasteiger partial charge is 0.391 e. The minimum absolute atomic E-state index is 0.0603. The molecule has 114 valence electrons. The Bertz CT molecular complexity index is 629. The number of aromatic amines is 1. The van der Waals surface area contributed by atoms with Crippen molar-refractivity contribution in [3.63, 3.8) is 0 Å². The van der Waals surface area contributed by atoms with Gasteiger partial charge in [-0.1, -0.05) is 29.6 Å². The molecule has 0 amide bonds. The third-order valence-electron chi connectivity index (χ3n) is 3.93. The monoisotopic (exact) mass is 337 g/mol. The molecule has 1 N–H and O–H groups in total. The molecule has 2 aromatic heterocycles. The van der Waals surface area contributed by atoms with E-state index in [1.54, 1.807) is 6.07 Å². The number of hydrogen-bond donors (Lipinski definition) is 1. The topological polar surface area (TPSA) is 41.6 Å². The molecule has 0 aliphatic heterocycles. The minimum Gasteiger partial charge on any atom is -0.340 e. The maximum Gasteiger partial charge on any atom is 0.391 e. The van der Waals surface area contributed by atoms with Crippen LogP contribution in [0.3, 0.4) is 0 Å². The smallest absolute Gasteiger partial charge is 0.340 e. The van der Waals surface area contributed by atoms with Crippen LogP contribution in [-0.4, -0.2) is 21.1 Å². The molecule has 2 unspecified atom stereocenters. The fourth-order valence-electron chi connectivity index (χ4n) is 2.84. The maximum atomic E-state index is 12.9. The van der Waals surface area contributed by atoms with Crippen LogP contribution < -0.4 is 0 Å². The first-order valence-electron chi connectivity index (χ1n) is 6.63. The average Bonchev–Trinajstić information content (AvgIpc) is 2.81. The molecule has 2 atom stereocenters. The molecular weight excluding hydrogens is 326 g/mol. The van der Waals surface area contributed by atoms with Gasteiger partial charge >= 0.3 is 6.18 Å². The third kappa shape index (κ3) is 2.97. The number of halogens is 5. The highest BCUT2D eigenvalue weighted by Crippen LogP contribution is 2.43. The number of alkyl halides is 3. The molecule has 1 saturated carbocycles. The normalized spacial score (nSPS) is 23.7. The molecule has 0 saturated heterocycles. The van der Waals surface area contributed by atoms with Gasteiger partial charge in [-0.2, -0.15) is 13.2 Å². The third-order valence-corrected chi connectivity index (χ3v) is 4.60. The number of pyridine rings is 1. The second-order valence-corrected chi connectivity index (χ2v) is 6.12. The minimum atomic E-state index is -4.14. The molecule has 3 rings (SSSR count). The predicted molar refractivity (Wildman–Crippen MR) is 74.7 cm³/mol. The highest BCUT2D eigenvalue weighted by Gasteiger charge is 2.42. The van der Waals surface area contributed by atoms with E-state index in [0.29, 0.717) is 29.8 Å². The zero-order valence-electron chi connectivity index (χ0n) is 10.8. The Morgan fingerprint density at radius 3 is 2.67 bits per heavy atom. The van der Waals surface area contributed by atoms with Gasteiger partial charge < -0.3 is 4.98 Å². The van der Waals surface area contributed by atoms with Crippen LogP contribution in [0.15, 0.2) is 6.07 Å². The van der Waals surface area contributed by atoms with Crippen LogP contribution in [-0.2, 0) is 0 Å². The van der Waals surface area contributed by atoms with Crippen molar-refractivity contribution in [1.82, 2.24) is 15.0 Å². The number of nitrogens with zero attached hydrogens (tertiary/aromatic N) is 2. The molecule has 0 aromatic carbocycles. The summed E-state index contributed by atoms with van der Waals surface area (Å²) in [5.74, 6) is -0.966. The van der Waals surface area contributed by atoms with E-state index in [1.165, 1.54) is 0 Å². The molecule has 0 radical (unpaired) electrons. The first kappa shape index (κ1) is 14.9. The van der Waals surface area contributed by atoms with Crippen LogP contribution in [0.25, 0.3) is 11.2 Å². The molecule has 0 spiro atoms. The van der Waals surface area contributed by atoms with Crippen LogP contribution in [0.4, 0.5) is 13.2 Å². The van der Waals surface area contributed by atoms with Gasteiger partial charge in [0.05, 0.1) is 16.5 Å². The summed E-state index contributed by atoms with van der Waals surface area (Å²) in [7, 11) is 0. The van der Waals surface area contributed by atoms with E-state index >= 15 is 0 Å². The molecule has 0 bridgehead atoms. The fourth-order valence-corrected chi connectivity index (χ4v) is 3.13. The summed E-state index contributed by atoms with van der Waals surface area (Å²) >= 11 is 11.7. The Hall–Kier alpha value is -1.01. The van der Waals surface area contributed by atoms with Gasteiger partial charge in [-0.15, -0.1) is 0 Å². The zero-order chi connectivity index (χ0) is 15.2. The van der Waals surface area contributed by atoms with E-state index in [-0.39, 0.29) is 28.9 Å². The van der Waals surface area contributed by atoms with Gasteiger partial charge in [0, 0.05) is 5.92 Å². The number of fused-ring (bicyclic) bond motifs is 1. The highest BCUT2D eigenvalue weighted by molar-refractivity contribution is 6.41.